The number of carboxylic acids is 1. The quantitative estimate of drug-likeness (QED) is 0.0730. The van der Waals surface area contributed by atoms with Crippen molar-refractivity contribution in [2.75, 3.05) is 31.1 Å². The molecule has 0 rings (SSSR count). The van der Waals surface area contributed by atoms with Crippen molar-refractivity contribution in [3.8, 4) is 0 Å². The molecule has 5 nitrogen and oxygen atoms in total. The van der Waals surface area contributed by atoms with Crippen LogP contribution >= 0.6 is 21.6 Å². The van der Waals surface area contributed by atoms with Gasteiger partial charge in [-0.3, -0.25) is 9.59 Å². The van der Waals surface area contributed by atoms with E-state index in [9.17, 15) is 9.59 Å². The minimum Gasteiger partial charge on any atom is -0.481 e. The van der Waals surface area contributed by atoms with Crippen LogP contribution in [0.2, 0.25) is 0 Å². The number of hydrogen-bond acceptors (Lipinski definition) is 5. The smallest absolute Gasteiger partial charge is 0.303 e. The number of carbonyl (C=O) groups is 2. The van der Waals surface area contributed by atoms with Crippen LogP contribution in [0.5, 0.6) is 0 Å². The fourth-order valence-corrected chi connectivity index (χ4v) is 4.63. The maximum Gasteiger partial charge on any atom is 0.303 e. The Morgan fingerprint density at radius 1 is 0.686 bits per heavy atom. The molecule has 1 amide bonds. The average molecular weight is 523 g/mol. The van der Waals surface area contributed by atoms with Crippen LogP contribution in [-0.4, -0.2) is 48.1 Å². The summed E-state index contributed by atoms with van der Waals surface area (Å²) >= 11 is 0. The first-order chi connectivity index (χ1) is 17.2. The van der Waals surface area contributed by atoms with Gasteiger partial charge in [0.2, 0.25) is 5.91 Å². The first-order valence-electron chi connectivity index (χ1n) is 12.8. The van der Waals surface area contributed by atoms with Gasteiger partial charge in [0.25, 0.3) is 0 Å². The molecule has 0 saturated heterocycles. The molecule has 0 heterocycles. The Balaban J connectivity index is 3.33. The number of amides is 1. The van der Waals surface area contributed by atoms with Crippen LogP contribution in [0.25, 0.3) is 0 Å². The molecule has 0 atom stereocenters. The number of unbranched alkanes of at least 4 members (excludes halogenated alkanes) is 2. The third-order valence-corrected chi connectivity index (χ3v) is 7.06. The SMILES string of the molecule is CC/C=C\CC=CCC=CC/C=C\C/C=C\CCCCNCCSSCCNC(=O)CCC(=O)O. The third kappa shape index (κ3) is 30.3. The number of rotatable bonds is 24. The summed E-state index contributed by atoms with van der Waals surface area (Å²) in [5.74, 6) is 0.736. The number of allylic oxidation sites excluding steroid dienone is 10. The van der Waals surface area contributed by atoms with E-state index < -0.39 is 5.97 Å². The largest absolute Gasteiger partial charge is 0.481 e. The van der Waals surface area contributed by atoms with E-state index >= 15 is 0 Å². The molecular weight excluding hydrogens is 476 g/mol. The molecule has 0 radical (unpaired) electrons. The molecule has 0 fully saturated rings. The van der Waals surface area contributed by atoms with Crippen LogP contribution in [-0.2, 0) is 9.59 Å². The Labute approximate surface area is 221 Å². The van der Waals surface area contributed by atoms with Gasteiger partial charge in [0, 0.05) is 31.0 Å². The Hall–Kier alpha value is -1.70. The average Bonchev–Trinajstić information content (AvgIpc) is 2.85. The summed E-state index contributed by atoms with van der Waals surface area (Å²) in [6.45, 7) is 4.78. The van der Waals surface area contributed by atoms with Crippen molar-refractivity contribution in [1.82, 2.24) is 10.6 Å². The fraction of sp³-hybridized carbons (Fsp3) is 0.571. The highest BCUT2D eigenvalue weighted by atomic mass is 33.1. The monoisotopic (exact) mass is 522 g/mol. The van der Waals surface area contributed by atoms with E-state index in [4.69, 9.17) is 5.11 Å². The van der Waals surface area contributed by atoms with Gasteiger partial charge >= 0.3 is 5.97 Å². The standard InChI is InChI=1S/C28H46N2O3S2/c1-2-3-4-5-6-7-8-9-10-11-12-13-14-15-16-17-18-19-22-29-23-25-34-35-26-24-30-27(31)20-21-28(32)33/h3-4,6-7,9-10,12-13,15-16,29H,2,5,8,11,14,17-26H2,1H3,(H,30,31)(H,32,33)/b4-3-,7-6?,10-9?,13-12-,16-15-. The molecular formula is C28H46N2O3S2. The first-order valence-corrected chi connectivity index (χ1v) is 15.3. The van der Waals surface area contributed by atoms with Crippen LogP contribution in [0.1, 0.15) is 71.1 Å². The first kappa shape index (κ1) is 33.3. The van der Waals surface area contributed by atoms with Gasteiger partial charge in [-0.25, -0.2) is 0 Å². The van der Waals surface area contributed by atoms with Crippen molar-refractivity contribution in [1.29, 1.82) is 0 Å². The Kier molecular flexibility index (Phi) is 27.2. The summed E-state index contributed by atoms with van der Waals surface area (Å²) in [6.07, 6.45) is 31.0. The van der Waals surface area contributed by atoms with Gasteiger partial charge in [-0.15, -0.1) is 0 Å². The Bertz CT molecular complexity index is 659. The predicted molar refractivity (Wildman–Crippen MR) is 156 cm³/mol. The highest BCUT2D eigenvalue weighted by Crippen LogP contribution is 2.19. The second-order valence-electron chi connectivity index (χ2n) is 7.84. The Morgan fingerprint density at radius 3 is 1.80 bits per heavy atom. The van der Waals surface area contributed by atoms with Crippen molar-refractivity contribution < 1.29 is 14.7 Å². The molecule has 0 aromatic heterocycles. The van der Waals surface area contributed by atoms with E-state index in [1.165, 1.54) is 12.8 Å². The maximum absolute atomic E-state index is 11.4. The molecule has 198 valence electrons. The molecule has 0 aliphatic carbocycles. The lowest BCUT2D eigenvalue weighted by Gasteiger charge is -2.05. The van der Waals surface area contributed by atoms with Gasteiger partial charge in [-0.05, 0) is 57.9 Å². The number of carboxylic acid groups (broad SMARTS) is 1. The molecule has 0 unspecified atom stereocenters. The van der Waals surface area contributed by atoms with Crippen molar-refractivity contribution >= 4 is 33.5 Å². The lowest BCUT2D eigenvalue weighted by atomic mass is 10.2. The summed E-state index contributed by atoms with van der Waals surface area (Å²) in [5.41, 5.74) is 0. The minimum absolute atomic E-state index is 0.0537. The predicted octanol–water partition coefficient (Wildman–Crippen LogP) is 6.86. The molecule has 35 heavy (non-hydrogen) atoms. The summed E-state index contributed by atoms with van der Waals surface area (Å²) in [6, 6.07) is 0. The van der Waals surface area contributed by atoms with Crippen LogP contribution in [0, 0.1) is 0 Å². The second-order valence-corrected chi connectivity index (χ2v) is 10.5. The van der Waals surface area contributed by atoms with Gasteiger partial charge < -0.3 is 15.7 Å². The van der Waals surface area contributed by atoms with Crippen molar-refractivity contribution in [3.05, 3.63) is 60.8 Å². The molecule has 0 aliphatic heterocycles. The van der Waals surface area contributed by atoms with Crippen molar-refractivity contribution in [2.24, 2.45) is 0 Å². The zero-order chi connectivity index (χ0) is 25.7. The van der Waals surface area contributed by atoms with E-state index in [1.807, 2.05) is 0 Å². The zero-order valence-electron chi connectivity index (χ0n) is 21.5. The number of aliphatic carboxylic acids is 1. The van der Waals surface area contributed by atoms with Crippen LogP contribution in [0.15, 0.2) is 60.8 Å². The van der Waals surface area contributed by atoms with Gasteiger partial charge in [-0.2, -0.15) is 0 Å². The zero-order valence-corrected chi connectivity index (χ0v) is 23.1. The molecule has 0 saturated carbocycles. The van der Waals surface area contributed by atoms with E-state index in [1.54, 1.807) is 21.6 Å². The molecule has 0 bridgehead atoms. The highest BCUT2D eigenvalue weighted by Gasteiger charge is 2.04. The molecule has 0 aliphatic rings. The van der Waals surface area contributed by atoms with Crippen LogP contribution in [0.4, 0.5) is 0 Å². The van der Waals surface area contributed by atoms with Gasteiger partial charge in [-0.1, -0.05) is 89.3 Å². The van der Waals surface area contributed by atoms with Gasteiger partial charge in [0.15, 0.2) is 0 Å². The van der Waals surface area contributed by atoms with Gasteiger partial charge in [0.1, 0.15) is 0 Å². The number of carbonyl (C=O) groups excluding carboxylic acids is 1. The maximum atomic E-state index is 11.4. The minimum atomic E-state index is -0.938. The molecule has 0 spiro atoms. The molecule has 7 heteroatoms. The number of nitrogens with one attached hydrogen (secondary N) is 2. The number of hydrogen-bond donors (Lipinski definition) is 3. The second kappa shape index (κ2) is 28.5. The Morgan fingerprint density at radius 2 is 1.23 bits per heavy atom. The summed E-state index contributed by atoms with van der Waals surface area (Å²) < 4.78 is 0. The summed E-state index contributed by atoms with van der Waals surface area (Å²) in [5, 5.41) is 14.7. The van der Waals surface area contributed by atoms with E-state index in [2.05, 4.69) is 78.3 Å². The third-order valence-electron chi connectivity index (χ3n) is 4.65. The van der Waals surface area contributed by atoms with Crippen LogP contribution < -0.4 is 10.6 Å². The van der Waals surface area contributed by atoms with Gasteiger partial charge in [0.05, 0.1) is 6.42 Å². The molecule has 0 aromatic rings. The lowest BCUT2D eigenvalue weighted by molar-refractivity contribution is -0.138. The molecule has 0 aromatic carbocycles. The summed E-state index contributed by atoms with van der Waals surface area (Å²) in [7, 11) is 3.53. The summed E-state index contributed by atoms with van der Waals surface area (Å²) in [4.78, 5) is 21.8. The van der Waals surface area contributed by atoms with E-state index in [-0.39, 0.29) is 18.7 Å². The van der Waals surface area contributed by atoms with E-state index in [0.717, 1.165) is 63.1 Å². The fourth-order valence-electron chi connectivity index (χ4n) is 2.78. The van der Waals surface area contributed by atoms with Crippen LogP contribution in [0.3, 0.4) is 0 Å². The highest BCUT2D eigenvalue weighted by molar-refractivity contribution is 8.76. The lowest BCUT2D eigenvalue weighted by Crippen LogP contribution is -2.25. The van der Waals surface area contributed by atoms with Crippen molar-refractivity contribution in [3.63, 3.8) is 0 Å². The topological polar surface area (TPSA) is 78.4 Å². The molecule has 3 N–H and O–H groups in total. The normalized spacial score (nSPS) is 12.3. The van der Waals surface area contributed by atoms with Crippen molar-refractivity contribution in [2.45, 2.75) is 71.1 Å². The van der Waals surface area contributed by atoms with E-state index in [0.29, 0.717) is 6.54 Å².